The number of hydrogen-bond acceptors (Lipinski definition) is 7. The summed E-state index contributed by atoms with van der Waals surface area (Å²) in [5.74, 6) is 0.894. The minimum absolute atomic E-state index is 0.217. The Morgan fingerprint density at radius 2 is 2.11 bits per heavy atom. The predicted molar refractivity (Wildman–Crippen MR) is 68.9 cm³/mol. The number of hydrogen-bond donors (Lipinski definition) is 1. The second kappa shape index (κ2) is 5.45. The predicted octanol–water partition coefficient (Wildman–Crippen LogP) is -0.976. The maximum Gasteiger partial charge on any atom is 0.200 e. The van der Waals surface area contributed by atoms with E-state index in [0.717, 1.165) is 45.0 Å². The molecule has 8 heteroatoms. The Bertz CT molecular complexity index is 543. The average Bonchev–Trinajstić information content (AvgIpc) is 2.77. The van der Waals surface area contributed by atoms with Gasteiger partial charge in [0, 0.05) is 26.2 Å². The van der Waals surface area contributed by atoms with Crippen molar-refractivity contribution >= 4 is 11.5 Å². The summed E-state index contributed by atoms with van der Waals surface area (Å²) in [7, 11) is 0. The third-order valence-corrected chi connectivity index (χ3v) is 3.38. The molecule has 0 aromatic carbocycles. The van der Waals surface area contributed by atoms with Crippen LogP contribution in [0.4, 0.5) is 5.82 Å². The number of aliphatic hydroxyl groups excluding tert-OH is 1. The molecular formula is C11H17N7O. The summed E-state index contributed by atoms with van der Waals surface area (Å²) >= 11 is 0. The normalized spacial score (nSPS) is 17.8. The molecule has 1 saturated heterocycles. The largest absolute Gasteiger partial charge is 0.395 e. The van der Waals surface area contributed by atoms with Crippen LogP contribution in [0.15, 0.2) is 12.1 Å². The fourth-order valence-electron chi connectivity index (χ4n) is 2.37. The molecule has 0 radical (unpaired) electrons. The zero-order valence-corrected chi connectivity index (χ0v) is 10.7. The van der Waals surface area contributed by atoms with E-state index in [0.29, 0.717) is 5.65 Å². The van der Waals surface area contributed by atoms with E-state index >= 15 is 0 Å². The third kappa shape index (κ3) is 2.64. The van der Waals surface area contributed by atoms with Crippen LogP contribution in [-0.2, 0) is 0 Å². The SMILES string of the molecule is OCCN1CCCN(c2ccc3nnnn3n2)CC1. The van der Waals surface area contributed by atoms with Gasteiger partial charge in [-0.15, -0.1) is 14.8 Å². The van der Waals surface area contributed by atoms with Gasteiger partial charge < -0.3 is 10.0 Å². The monoisotopic (exact) mass is 263 g/mol. The molecule has 19 heavy (non-hydrogen) atoms. The summed E-state index contributed by atoms with van der Waals surface area (Å²) in [5, 5.41) is 24.7. The van der Waals surface area contributed by atoms with Gasteiger partial charge in [0.1, 0.15) is 0 Å². The lowest BCUT2D eigenvalue weighted by atomic mass is 10.3. The summed E-state index contributed by atoms with van der Waals surface area (Å²) in [6.07, 6.45) is 1.06. The highest BCUT2D eigenvalue weighted by molar-refractivity contribution is 5.44. The van der Waals surface area contributed by atoms with Crippen molar-refractivity contribution in [3.63, 3.8) is 0 Å². The van der Waals surface area contributed by atoms with Crippen molar-refractivity contribution in [1.29, 1.82) is 0 Å². The Kier molecular flexibility index (Phi) is 3.51. The highest BCUT2D eigenvalue weighted by Gasteiger charge is 2.16. The highest BCUT2D eigenvalue weighted by Crippen LogP contribution is 2.13. The van der Waals surface area contributed by atoms with Gasteiger partial charge in [-0.3, -0.25) is 4.90 Å². The molecule has 0 bridgehead atoms. The van der Waals surface area contributed by atoms with E-state index < -0.39 is 0 Å². The van der Waals surface area contributed by atoms with Crippen LogP contribution in [0, 0.1) is 0 Å². The van der Waals surface area contributed by atoms with Gasteiger partial charge in [-0.05, 0) is 35.5 Å². The fraction of sp³-hybridized carbons (Fsp3) is 0.636. The number of β-amino-alcohol motifs (C(OH)–C–C–N with tert-alkyl or cyclic N) is 1. The van der Waals surface area contributed by atoms with E-state index in [-0.39, 0.29) is 6.61 Å². The Hall–Kier alpha value is -1.80. The molecule has 1 aliphatic heterocycles. The van der Waals surface area contributed by atoms with Crippen LogP contribution in [0.5, 0.6) is 0 Å². The van der Waals surface area contributed by atoms with Gasteiger partial charge >= 0.3 is 0 Å². The van der Waals surface area contributed by atoms with Gasteiger partial charge in [-0.2, -0.15) is 0 Å². The number of nitrogens with zero attached hydrogens (tertiary/aromatic N) is 7. The molecule has 0 atom stereocenters. The molecule has 3 heterocycles. The second-order valence-electron chi connectivity index (χ2n) is 4.62. The van der Waals surface area contributed by atoms with Crippen molar-refractivity contribution in [3.8, 4) is 0 Å². The number of aliphatic hydroxyl groups is 1. The van der Waals surface area contributed by atoms with Gasteiger partial charge in [0.2, 0.25) is 0 Å². The Morgan fingerprint density at radius 3 is 3.00 bits per heavy atom. The Morgan fingerprint density at radius 1 is 1.16 bits per heavy atom. The molecule has 1 N–H and O–H groups in total. The lowest BCUT2D eigenvalue weighted by molar-refractivity contribution is 0.204. The Balaban J connectivity index is 1.74. The molecule has 0 spiro atoms. The van der Waals surface area contributed by atoms with Crippen LogP contribution < -0.4 is 4.90 Å². The van der Waals surface area contributed by atoms with Crippen LogP contribution in [0.25, 0.3) is 5.65 Å². The van der Waals surface area contributed by atoms with E-state index in [1.807, 2.05) is 12.1 Å². The number of fused-ring (bicyclic) bond motifs is 1. The summed E-state index contributed by atoms with van der Waals surface area (Å²) < 4.78 is 1.45. The van der Waals surface area contributed by atoms with Crippen molar-refractivity contribution in [2.24, 2.45) is 0 Å². The summed E-state index contributed by atoms with van der Waals surface area (Å²) in [6.45, 7) is 4.78. The molecule has 0 aliphatic carbocycles. The molecule has 1 fully saturated rings. The van der Waals surface area contributed by atoms with E-state index in [4.69, 9.17) is 5.11 Å². The molecule has 0 saturated carbocycles. The molecule has 3 rings (SSSR count). The van der Waals surface area contributed by atoms with Gasteiger partial charge in [0.25, 0.3) is 0 Å². The molecule has 1 aliphatic rings. The van der Waals surface area contributed by atoms with Crippen LogP contribution in [0.1, 0.15) is 6.42 Å². The third-order valence-electron chi connectivity index (χ3n) is 3.38. The van der Waals surface area contributed by atoms with E-state index in [9.17, 15) is 0 Å². The second-order valence-corrected chi connectivity index (χ2v) is 4.62. The van der Waals surface area contributed by atoms with Crippen LogP contribution in [-0.4, -0.2) is 74.6 Å². The van der Waals surface area contributed by atoms with E-state index in [1.54, 1.807) is 0 Å². The molecular weight excluding hydrogens is 246 g/mol. The van der Waals surface area contributed by atoms with Crippen LogP contribution in [0.3, 0.4) is 0 Å². The first kappa shape index (κ1) is 12.2. The average molecular weight is 263 g/mol. The van der Waals surface area contributed by atoms with Gasteiger partial charge in [-0.1, -0.05) is 0 Å². The van der Waals surface area contributed by atoms with Gasteiger partial charge in [-0.25, -0.2) is 0 Å². The highest BCUT2D eigenvalue weighted by atomic mass is 16.3. The summed E-state index contributed by atoms with van der Waals surface area (Å²) in [4.78, 5) is 4.51. The first-order valence-electron chi connectivity index (χ1n) is 6.50. The van der Waals surface area contributed by atoms with E-state index in [1.165, 1.54) is 4.63 Å². The molecule has 0 unspecified atom stereocenters. The van der Waals surface area contributed by atoms with Crippen molar-refractivity contribution in [1.82, 2.24) is 30.2 Å². The molecule has 2 aromatic heterocycles. The zero-order valence-electron chi connectivity index (χ0n) is 10.7. The number of aromatic nitrogens is 5. The number of tetrazole rings is 1. The zero-order chi connectivity index (χ0) is 13.1. The summed E-state index contributed by atoms with van der Waals surface area (Å²) in [5.41, 5.74) is 0.653. The van der Waals surface area contributed by atoms with Crippen LogP contribution >= 0.6 is 0 Å². The lowest BCUT2D eigenvalue weighted by Gasteiger charge is -2.21. The minimum atomic E-state index is 0.217. The summed E-state index contributed by atoms with van der Waals surface area (Å²) in [6, 6.07) is 3.83. The maximum absolute atomic E-state index is 8.99. The lowest BCUT2D eigenvalue weighted by Crippen LogP contribution is -2.32. The standard InChI is InChI=1S/C11H17N7O/c19-9-8-16-4-1-5-17(7-6-16)11-3-2-10-12-14-15-18(10)13-11/h2-3,19H,1,4-9H2. The fourth-order valence-corrected chi connectivity index (χ4v) is 2.37. The molecule has 0 amide bonds. The topological polar surface area (TPSA) is 82.7 Å². The van der Waals surface area contributed by atoms with Crippen molar-refractivity contribution in [2.45, 2.75) is 6.42 Å². The molecule has 102 valence electrons. The van der Waals surface area contributed by atoms with Crippen LogP contribution in [0.2, 0.25) is 0 Å². The number of anilines is 1. The first-order chi connectivity index (χ1) is 9.36. The quantitative estimate of drug-likeness (QED) is 0.762. The molecule has 2 aromatic rings. The van der Waals surface area contributed by atoms with Gasteiger partial charge in [0.05, 0.1) is 6.61 Å². The first-order valence-corrected chi connectivity index (χ1v) is 6.50. The smallest absolute Gasteiger partial charge is 0.200 e. The Labute approximate surface area is 110 Å². The van der Waals surface area contributed by atoms with E-state index in [2.05, 4.69) is 30.4 Å². The number of rotatable bonds is 3. The van der Waals surface area contributed by atoms with Crippen molar-refractivity contribution in [3.05, 3.63) is 12.1 Å². The molecule has 8 nitrogen and oxygen atoms in total. The maximum atomic E-state index is 8.99. The van der Waals surface area contributed by atoms with Crippen molar-refractivity contribution < 1.29 is 5.11 Å². The minimum Gasteiger partial charge on any atom is -0.395 e. The van der Waals surface area contributed by atoms with Crippen molar-refractivity contribution in [2.75, 3.05) is 44.2 Å². The van der Waals surface area contributed by atoms with Gasteiger partial charge in [0.15, 0.2) is 11.5 Å².